The minimum Gasteiger partial charge on any atom is -0.455 e. The largest absolute Gasteiger partial charge is 0.455 e. The Balaban J connectivity index is 2.05. The zero-order valence-electron chi connectivity index (χ0n) is 23.1. The van der Waals surface area contributed by atoms with Crippen LogP contribution in [0.15, 0.2) is 86.0 Å². The monoisotopic (exact) mass is 550 g/mol. The molecule has 0 aliphatic rings. The molecule has 0 radical (unpaired) electrons. The van der Waals surface area contributed by atoms with Crippen LogP contribution in [0.5, 0.6) is 0 Å². The molecule has 0 unspecified atom stereocenters. The quantitative estimate of drug-likeness (QED) is 0.131. The number of esters is 1. The Morgan fingerprint density at radius 1 is 0.900 bits per heavy atom. The molecule has 0 fully saturated rings. The molecule has 0 saturated heterocycles. The van der Waals surface area contributed by atoms with Gasteiger partial charge in [-0.05, 0) is 36.8 Å². The van der Waals surface area contributed by atoms with Crippen molar-refractivity contribution in [3.8, 4) is 0 Å². The van der Waals surface area contributed by atoms with Crippen LogP contribution in [-0.2, 0) is 30.3 Å². The summed E-state index contributed by atoms with van der Waals surface area (Å²) < 4.78 is 11.1. The summed E-state index contributed by atoms with van der Waals surface area (Å²) in [5.74, 6) is -1.93. The van der Waals surface area contributed by atoms with Gasteiger partial charge in [0.2, 0.25) is 11.8 Å². The maximum atomic E-state index is 13.4. The average Bonchev–Trinajstić information content (AvgIpc) is 2.97. The van der Waals surface area contributed by atoms with Crippen molar-refractivity contribution in [3.05, 3.63) is 97.1 Å². The molecule has 2 rings (SSSR count). The van der Waals surface area contributed by atoms with Crippen LogP contribution in [0.1, 0.15) is 42.9 Å². The van der Waals surface area contributed by atoms with Gasteiger partial charge in [-0.1, -0.05) is 72.8 Å². The van der Waals surface area contributed by atoms with E-state index < -0.39 is 12.0 Å². The summed E-state index contributed by atoms with van der Waals surface area (Å²) in [5.41, 5.74) is 1.81. The van der Waals surface area contributed by atoms with Gasteiger partial charge in [-0.25, -0.2) is 0 Å². The number of carbonyl (C=O) groups is 3. The normalized spacial score (nSPS) is 12.9. The second-order valence-electron chi connectivity index (χ2n) is 9.45. The Morgan fingerprint density at radius 2 is 1.60 bits per heavy atom. The topological polar surface area (TPSA) is 114 Å². The number of amides is 2. The van der Waals surface area contributed by atoms with Crippen molar-refractivity contribution in [1.29, 1.82) is 0 Å². The molecule has 3 atom stereocenters. The molecule has 2 aromatic rings. The maximum Gasteiger partial charge on any atom is 0.309 e. The molecule has 2 aromatic carbocycles. The molecule has 8 nitrogen and oxygen atoms in total. The Hall–Kier alpha value is -3.75. The summed E-state index contributed by atoms with van der Waals surface area (Å²) in [5, 5.41) is 14.3. The van der Waals surface area contributed by atoms with Crippen molar-refractivity contribution in [1.82, 2.24) is 10.6 Å². The van der Waals surface area contributed by atoms with Crippen molar-refractivity contribution < 1.29 is 29.0 Å². The Bertz CT molecular complexity index is 1040. The minimum atomic E-state index is -0.693. The first-order valence-electron chi connectivity index (χ1n) is 13.7. The van der Waals surface area contributed by atoms with Gasteiger partial charge in [-0.2, -0.15) is 0 Å². The molecule has 2 amide bonds. The van der Waals surface area contributed by atoms with Crippen molar-refractivity contribution in [2.75, 3.05) is 32.9 Å². The predicted octanol–water partition coefficient (Wildman–Crippen LogP) is 3.92. The molecule has 8 heteroatoms. The third-order valence-corrected chi connectivity index (χ3v) is 6.33. The van der Waals surface area contributed by atoms with Gasteiger partial charge >= 0.3 is 5.97 Å². The zero-order chi connectivity index (χ0) is 29.0. The van der Waals surface area contributed by atoms with Gasteiger partial charge < -0.3 is 25.2 Å². The fourth-order valence-corrected chi connectivity index (χ4v) is 4.20. The van der Waals surface area contributed by atoms with E-state index in [9.17, 15) is 14.4 Å². The highest BCUT2D eigenvalue weighted by Gasteiger charge is 2.26. The third kappa shape index (κ3) is 12.4. The lowest BCUT2D eigenvalue weighted by Crippen LogP contribution is -2.38. The molecular weight excluding hydrogens is 508 g/mol. The van der Waals surface area contributed by atoms with Crippen LogP contribution in [-0.4, -0.2) is 55.8 Å². The zero-order valence-corrected chi connectivity index (χ0v) is 23.1. The highest BCUT2D eigenvalue weighted by molar-refractivity contribution is 5.86. The fraction of sp³-hybridized carbons (Fsp3) is 0.406. The molecule has 0 spiro atoms. The molecule has 3 N–H and O–H groups in total. The van der Waals surface area contributed by atoms with Crippen molar-refractivity contribution in [3.63, 3.8) is 0 Å². The lowest BCUT2D eigenvalue weighted by Gasteiger charge is -2.24. The highest BCUT2D eigenvalue weighted by Crippen LogP contribution is 2.23. The molecule has 0 aliphatic carbocycles. The number of hydrogen-bond acceptors (Lipinski definition) is 6. The van der Waals surface area contributed by atoms with Crippen LogP contribution in [0.3, 0.4) is 0 Å². The highest BCUT2D eigenvalue weighted by atomic mass is 16.5. The van der Waals surface area contributed by atoms with E-state index in [0.29, 0.717) is 25.7 Å². The van der Waals surface area contributed by atoms with E-state index in [2.05, 4.69) is 23.8 Å². The lowest BCUT2D eigenvalue weighted by molar-refractivity contribution is -0.155. The molecule has 0 aliphatic heterocycles. The Labute approximate surface area is 237 Å². The van der Waals surface area contributed by atoms with E-state index in [1.54, 1.807) is 12.2 Å². The number of rotatable bonds is 20. The molecule has 0 aromatic heterocycles. The molecule has 0 heterocycles. The summed E-state index contributed by atoms with van der Waals surface area (Å²) in [6.07, 6.45) is 4.82. The van der Waals surface area contributed by atoms with E-state index in [4.69, 9.17) is 14.6 Å². The first-order chi connectivity index (χ1) is 19.5. The number of carbonyl (C=O) groups excluding carboxylic acids is 3. The number of ether oxygens (including phenoxy) is 2. The molecular formula is C32H42N2O6. The van der Waals surface area contributed by atoms with Crippen LogP contribution < -0.4 is 10.6 Å². The molecule has 0 saturated carbocycles. The van der Waals surface area contributed by atoms with Crippen molar-refractivity contribution >= 4 is 17.8 Å². The second kappa shape index (κ2) is 19.3. The van der Waals surface area contributed by atoms with Gasteiger partial charge in [0.15, 0.2) is 0 Å². The fourth-order valence-electron chi connectivity index (χ4n) is 4.20. The predicted molar refractivity (Wildman–Crippen MR) is 155 cm³/mol. The van der Waals surface area contributed by atoms with Crippen molar-refractivity contribution in [2.24, 2.45) is 11.8 Å². The van der Waals surface area contributed by atoms with E-state index in [1.807, 2.05) is 60.7 Å². The standard InChI is InChI=1S/C32H42N2O6/c1-3-5-15-28(22-25-13-8-6-9-14-25)32(38)40-29(26-16-10-7-11-17-26)24-34-31(37)27(12-4-2)23-30(36)33-18-20-39-21-19-35/h3-4,6-11,13-14,16-17,27-29,35H,1-2,5,12,15,18-24H2,(H,33,36)(H,34,37)/t27-,28+,29-/m0/s1. The van der Waals surface area contributed by atoms with Gasteiger partial charge in [0, 0.05) is 13.0 Å². The Kier molecular flexibility index (Phi) is 15.7. The van der Waals surface area contributed by atoms with Crippen molar-refractivity contribution in [2.45, 2.75) is 38.2 Å². The van der Waals surface area contributed by atoms with Gasteiger partial charge in [0.1, 0.15) is 6.10 Å². The summed E-state index contributed by atoms with van der Waals surface area (Å²) >= 11 is 0. The number of hydrogen-bond donors (Lipinski definition) is 3. The summed E-state index contributed by atoms with van der Waals surface area (Å²) in [4.78, 5) is 38.8. The van der Waals surface area contributed by atoms with E-state index >= 15 is 0 Å². The van der Waals surface area contributed by atoms with Gasteiger partial charge in [-0.3, -0.25) is 14.4 Å². The number of aliphatic hydroxyl groups excluding tert-OH is 1. The number of nitrogens with one attached hydrogen (secondary N) is 2. The maximum absolute atomic E-state index is 13.4. The molecule has 40 heavy (non-hydrogen) atoms. The summed E-state index contributed by atoms with van der Waals surface area (Å²) in [6, 6.07) is 19.1. The van der Waals surface area contributed by atoms with Gasteiger partial charge in [0.25, 0.3) is 0 Å². The minimum absolute atomic E-state index is 0.0195. The number of aliphatic hydroxyl groups is 1. The lowest BCUT2D eigenvalue weighted by atomic mass is 9.94. The number of benzene rings is 2. The van der Waals surface area contributed by atoms with Crippen LogP contribution in [0.2, 0.25) is 0 Å². The van der Waals surface area contributed by atoms with Gasteiger partial charge in [0.05, 0.1) is 38.2 Å². The number of allylic oxidation sites excluding steroid dienone is 2. The first-order valence-corrected chi connectivity index (χ1v) is 13.7. The SMILES string of the molecule is C=CCC[C@H](Cc1ccccc1)C(=O)O[C@@H](CNC(=O)[C@@H](CC=C)CC(=O)NCCOCCO)c1ccccc1. The Morgan fingerprint density at radius 3 is 2.25 bits per heavy atom. The van der Waals surface area contributed by atoms with Crippen LogP contribution >= 0.6 is 0 Å². The van der Waals surface area contributed by atoms with E-state index in [0.717, 1.165) is 11.1 Å². The first kappa shape index (κ1) is 32.5. The van der Waals surface area contributed by atoms with E-state index in [1.165, 1.54) is 0 Å². The van der Waals surface area contributed by atoms with Crippen LogP contribution in [0.25, 0.3) is 0 Å². The molecule has 0 bridgehead atoms. The second-order valence-corrected chi connectivity index (χ2v) is 9.45. The van der Waals surface area contributed by atoms with Crippen LogP contribution in [0.4, 0.5) is 0 Å². The summed E-state index contributed by atoms with van der Waals surface area (Å²) in [6.45, 7) is 8.23. The van der Waals surface area contributed by atoms with Crippen LogP contribution in [0, 0.1) is 11.8 Å². The molecule has 216 valence electrons. The summed E-state index contributed by atoms with van der Waals surface area (Å²) in [7, 11) is 0. The van der Waals surface area contributed by atoms with Gasteiger partial charge in [-0.15, -0.1) is 13.2 Å². The third-order valence-electron chi connectivity index (χ3n) is 6.33. The van der Waals surface area contributed by atoms with E-state index in [-0.39, 0.29) is 63.0 Å². The average molecular weight is 551 g/mol. The smallest absolute Gasteiger partial charge is 0.309 e.